The zero-order valence-corrected chi connectivity index (χ0v) is 16.6. The maximum atomic E-state index is 5.71. The molecule has 2 heterocycles. The fraction of sp³-hybridized carbons (Fsp3) is 0.524. The third kappa shape index (κ3) is 6.65. The van der Waals surface area contributed by atoms with Crippen molar-refractivity contribution in [3.05, 3.63) is 36.4 Å². The molecule has 0 radical (unpaired) electrons. The number of pyridine rings is 1. The molecule has 7 nitrogen and oxygen atoms in total. The van der Waals surface area contributed by atoms with E-state index in [0.29, 0.717) is 5.92 Å². The molecule has 1 aliphatic heterocycles. The predicted octanol–water partition coefficient (Wildman–Crippen LogP) is 2.25. The molecule has 28 heavy (non-hydrogen) atoms. The van der Waals surface area contributed by atoms with Gasteiger partial charge < -0.3 is 25.4 Å². The first-order valence-electron chi connectivity index (χ1n) is 10.0. The zero-order valence-electron chi connectivity index (χ0n) is 16.6. The number of anilines is 1. The van der Waals surface area contributed by atoms with E-state index in [1.807, 2.05) is 24.3 Å². The summed E-state index contributed by atoms with van der Waals surface area (Å²) in [6.45, 7) is 5.64. The topological polar surface area (TPSA) is 79.8 Å². The summed E-state index contributed by atoms with van der Waals surface area (Å²) in [4.78, 5) is 8.86. The Morgan fingerprint density at radius 3 is 2.93 bits per heavy atom. The van der Waals surface area contributed by atoms with E-state index >= 15 is 0 Å². The molecular formula is C21H31N5O2. The van der Waals surface area contributed by atoms with Crippen molar-refractivity contribution in [3.8, 4) is 0 Å². The molecule has 1 aromatic heterocycles. The Balaban J connectivity index is 1.25. The summed E-state index contributed by atoms with van der Waals surface area (Å²) in [5, 5.41) is 11.1. The molecule has 0 spiro atoms. The van der Waals surface area contributed by atoms with Gasteiger partial charge >= 0.3 is 0 Å². The molecule has 1 fully saturated rings. The Bertz CT molecular complexity index is 746. The molecule has 7 heteroatoms. The molecule has 1 saturated heterocycles. The minimum atomic E-state index is 0.576. The average Bonchev–Trinajstić information content (AvgIpc) is 3.25. The van der Waals surface area contributed by atoms with Gasteiger partial charge in [0.15, 0.2) is 5.96 Å². The van der Waals surface area contributed by atoms with Gasteiger partial charge in [-0.3, -0.25) is 4.99 Å². The summed E-state index contributed by atoms with van der Waals surface area (Å²) in [7, 11) is 1.78. The second kappa shape index (κ2) is 11.5. The van der Waals surface area contributed by atoms with Crippen LogP contribution in [0, 0.1) is 5.92 Å². The summed E-state index contributed by atoms with van der Waals surface area (Å²) in [5.74, 6) is 2.26. The summed E-state index contributed by atoms with van der Waals surface area (Å²) in [5.41, 5.74) is 1.00. The summed E-state index contributed by atoms with van der Waals surface area (Å²) in [6.07, 6.45) is 2.07. The van der Waals surface area contributed by atoms with Crippen LogP contribution in [0.15, 0.2) is 41.4 Å². The number of nitrogens with one attached hydrogen (secondary N) is 3. The van der Waals surface area contributed by atoms with E-state index in [0.717, 1.165) is 81.6 Å². The Hall–Kier alpha value is -2.38. The van der Waals surface area contributed by atoms with Crippen LogP contribution in [-0.4, -0.2) is 64.1 Å². The van der Waals surface area contributed by atoms with Crippen LogP contribution in [0.3, 0.4) is 0 Å². The number of aliphatic imine (C=N–C) groups is 1. The van der Waals surface area contributed by atoms with E-state index in [1.165, 1.54) is 0 Å². The molecule has 2 aromatic rings. The number of guanidine groups is 1. The largest absolute Gasteiger partial charge is 0.381 e. The molecule has 1 aromatic carbocycles. The van der Waals surface area contributed by atoms with Crippen molar-refractivity contribution in [3.63, 3.8) is 0 Å². The number of hydrogen-bond acceptors (Lipinski definition) is 5. The number of benzene rings is 1. The van der Waals surface area contributed by atoms with Crippen LogP contribution >= 0.6 is 0 Å². The van der Waals surface area contributed by atoms with Crippen LogP contribution in [-0.2, 0) is 9.47 Å². The number of ether oxygens (including phenoxy) is 2. The van der Waals surface area contributed by atoms with Gasteiger partial charge in [0, 0.05) is 51.2 Å². The predicted molar refractivity (Wildman–Crippen MR) is 114 cm³/mol. The molecule has 152 valence electrons. The van der Waals surface area contributed by atoms with Crippen LogP contribution in [0.5, 0.6) is 0 Å². The third-order valence-corrected chi connectivity index (χ3v) is 4.68. The van der Waals surface area contributed by atoms with E-state index in [9.17, 15) is 0 Å². The number of aromatic nitrogens is 1. The van der Waals surface area contributed by atoms with Gasteiger partial charge in [0.2, 0.25) is 0 Å². The van der Waals surface area contributed by atoms with E-state index < -0.39 is 0 Å². The molecule has 0 saturated carbocycles. The average molecular weight is 386 g/mol. The Kier molecular flexibility index (Phi) is 8.33. The second-order valence-corrected chi connectivity index (χ2v) is 6.90. The maximum absolute atomic E-state index is 5.71. The van der Waals surface area contributed by atoms with Gasteiger partial charge in [0.05, 0.1) is 18.7 Å². The van der Waals surface area contributed by atoms with E-state index in [1.54, 1.807) is 7.05 Å². The fourth-order valence-corrected chi connectivity index (χ4v) is 3.10. The summed E-state index contributed by atoms with van der Waals surface area (Å²) >= 11 is 0. The molecule has 1 atom stereocenters. The Morgan fingerprint density at radius 1 is 1.18 bits per heavy atom. The van der Waals surface area contributed by atoms with Crippen LogP contribution in [0.4, 0.5) is 5.82 Å². The van der Waals surface area contributed by atoms with Gasteiger partial charge in [-0.2, -0.15) is 0 Å². The van der Waals surface area contributed by atoms with Crippen LogP contribution < -0.4 is 16.0 Å². The van der Waals surface area contributed by atoms with E-state index in [2.05, 4.69) is 38.1 Å². The highest BCUT2D eigenvalue weighted by molar-refractivity contribution is 5.80. The van der Waals surface area contributed by atoms with Gasteiger partial charge in [-0.15, -0.1) is 0 Å². The van der Waals surface area contributed by atoms with Crippen molar-refractivity contribution in [1.29, 1.82) is 0 Å². The number of nitrogens with zero attached hydrogens (tertiary/aromatic N) is 2. The smallest absolute Gasteiger partial charge is 0.191 e. The molecular weight excluding hydrogens is 354 g/mol. The van der Waals surface area contributed by atoms with Gasteiger partial charge in [0.25, 0.3) is 0 Å². The Labute approximate surface area is 166 Å². The molecule has 0 amide bonds. The summed E-state index contributed by atoms with van der Waals surface area (Å²) < 4.78 is 11.1. The van der Waals surface area contributed by atoms with E-state index in [-0.39, 0.29) is 0 Å². The van der Waals surface area contributed by atoms with Gasteiger partial charge in [-0.05, 0) is 31.0 Å². The zero-order chi connectivity index (χ0) is 19.4. The first-order chi connectivity index (χ1) is 13.8. The highest BCUT2D eigenvalue weighted by Crippen LogP contribution is 2.14. The first kappa shape index (κ1) is 20.4. The lowest BCUT2D eigenvalue weighted by atomic mass is 10.1. The number of fused-ring (bicyclic) bond motifs is 1. The van der Waals surface area contributed by atoms with Crippen molar-refractivity contribution < 1.29 is 9.47 Å². The summed E-state index contributed by atoms with van der Waals surface area (Å²) in [6, 6.07) is 12.2. The number of rotatable bonds is 10. The standard InChI is InChI=1S/C21H31N5O2/c1-22-21(24-10-4-13-27-15-17-9-14-28-16-17)25-12-11-23-20-8-7-18-5-2-3-6-19(18)26-20/h2-3,5-8,17H,4,9-16H2,1H3,(H,23,26)(H2,22,24,25). The Morgan fingerprint density at radius 2 is 2.07 bits per heavy atom. The normalized spacial score (nSPS) is 17.0. The second-order valence-electron chi connectivity index (χ2n) is 6.90. The molecule has 0 bridgehead atoms. The van der Waals surface area contributed by atoms with Crippen LogP contribution in [0.25, 0.3) is 10.9 Å². The third-order valence-electron chi connectivity index (χ3n) is 4.68. The maximum Gasteiger partial charge on any atom is 0.191 e. The molecule has 3 N–H and O–H groups in total. The van der Waals surface area contributed by atoms with Gasteiger partial charge in [-0.25, -0.2) is 4.98 Å². The van der Waals surface area contributed by atoms with Crippen LogP contribution in [0.2, 0.25) is 0 Å². The lowest BCUT2D eigenvalue weighted by molar-refractivity contribution is 0.0888. The van der Waals surface area contributed by atoms with Crippen molar-refractivity contribution in [2.24, 2.45) is 10.9 Å². The van der Waals surface area contributed by atoms with Crippen molar-refractivity contribution in [2.75, 3.05) is 58.4 Å². The highest BCUT2D eigenvalue weighted by atomic mass is 16.5. The molecule has 0 aliphatic carbocycles. The SMILES string of the molecule is CN=C(NCCCOCC1CCOC1)NCCNc1ccc2ccccc2n1. The number of hydrogen-bond donors (Lipinski definition) is 3. The highest BCUT2D eigenvalue weighted by Gasteiger charge is 2.15. The molecule has 3 rings (SSSR count). The van der Waals surface area contributed by atoms with Crippen LogP contribution in [0.1, 0.15) is 12.8 Å². The van der Waals surface area contributed by atoms with Gasteiger partial charge in [-0.1, -0.05) is 18.2 Å². The minimum Gasteiger partial charge on any atom is -0.381 e. The quantitative estimate of drug-likeness (QED) is 0.331. The molecule has 1 aliphatic rings. The van der Waals surface area contributed by atoms with Gasteiger partial charge in [0.1, 0.15) is 5.82 Å². The first-order valence-corrected chi connectivity index (χ1v) is 10.0. The van der Waals surface area contributed by atoms with E-state index in [4.69, 9.17) is 9.47 Å². The van der Waals surface area contributed by atoms with Crippen molar-refractivity contribution in [2.45, 2.75) is 12.8 Å². The monoisotopic (exact) mass is 385 g/mol. The lowest BCUT2D eigenvalue weighted by Gasteiger charge is -2.13. The van der Waals surface area contributed by atoms with Crippen molar-refractivity contribution >= 4 is 22.7 Å². The lowest BCUT2D eigenvalue weighted by Crippen LogP contribution is -2.40. The number of para-hydroxylation sites is 1. The minimum absolute atomic E-state index is 0.576. The van der Waals surface area contributed by atoms with Crippen molar-refractivity contribution in [1.82, 2.24) is 15.6 Å². The molecule has 1 unspecified atom stereocenters. The fourth-order valence-electron chi connectivity index (χ4n) is 3.10.